The molecule has 0 atom stereocenters. The van der Waals surface area contributed by atoms with Crippen molar-refractivity contribution < 1.29 is 14.5 Å². The Morgan fingerprint density at radius 3 is 2.43 bits per heavy atom. The molecule has 0 saturated heterocycles. The molecule has 1 saturated carbocycles. The molecule has 0 aliphatic heterocycles. The van der Waals surface area contributed by atoms with E-state index in [4.69, 9.17) is 0 Å². The number of carbonyl (C=O) groups excluding carboxylic acids is 2. The fourth-order valence-corrected chi connectivity index (χ4v) is 3.37. The second-order valence-corrected chi connectivity index (χ2v) is 7.01. The Kier molecular flexibility index (Phi) is 6.37. The predicted octanol–water partition coefficient (Wildman–Crippen LogP) is 4.04. The van der Waals surface area contributed by atoms with Crippen LogP contribution in [0, 0.1) is 16.0 Å². The summed E-state index contributed by atoms with van der Waals surface area (Å²) in [5.74, 6) is -0.205. The van der Waals surface area contributed by atoms with Crippen molar-refractivity contribution in [1.29, 1.82) is 0 Å². The molecule has 0 bridgehead atoms. The van der Waals surface area contributed by atoms with Crippen LogP contribution in [0.5, 0.6) is 0 Å². The second kappa shape index (κ2) is 9.12. The van der Waals surface area contributed by atoms with Crippen molar-refractivity contribution in [3.8, 4) is 0 Å². The van der Waals surface area contributed by atoms with Crippen LogP contribution in [0.2, 0.25) is 0 Å². The molecule has 146 valence electrons. The van der Waals surface area contributed by atoms with E-state index >= 15 is 0 Å². The SMILES string of the molecule is O=C(NCc1ccc([N+](=O)[O-])cc1)c1cccc(NC(=O)C2CCCCC2)c1. The molecule has 2 N–H and O–H groups in total. The zero-order valence-corrected chi connectivity index (χ0v) is 15.5. The molecule has 2 amide bonds. The van der Waals surface area contributed by atoms with Crippen molar-refractivity contribution in [3.63, 3.8) is 0 Å². The van der Waals surface area contributed by atoms with Gasteiger partial charge in [0.1, 0.15) is 0 Å². The number of nitrogens with zero attached hydrogens (tertiary/aromatic N) is 1. The normalized spacial score (nSPS) is 14.3. The molecule has 3 rings (SSSR count). The number of carbonyl (C=O) groups is 2. The number of hydrogen-bond donors (Lipinski definition) is 2. The molecular formula is C21H23N3O4. The molecule has 0 aromatic heterocycles. The molecule has 1 fully saturated rings. The molecular weight excluding hydrogens is 358 g/mol. The number of anilines is 1. The lowest BCUT2D eigenvalue weighted by Gasteiger charge is -2.20. The summed E-state index contributed by atoms with van der Waals surface area (Å²) in [5.41, 5.74) is 1.83. The third kappa shape index (κ3) is 5.16. The Labute approximate surface area is 163 Å². The lowest BCUT2D eigenvalue weighted by Crippen LogP contribution is -2.25. The summed E-state index contributed by atoms with van der Waals surface area (Å²) < 4.78 is 0. The standard InChI is InChI=1S/C21H23N3O4/c25-20(22-14-15-9-11-19(12-10-15)24(27)28)17-7-4-8-18(13-17)23-21(26)16-5-2-1-3-6-16/h4,7-13,16H,1-3,5-6,14H2,(H,22,25)(H,23,26). The number of nitro groups is 1. The average molecular weight is 381 g/mol. The Hall–Kier alpha value is -3.22. The molecule has 2 aromatic carbocycles. The van der Waals surface area contributed by atoms with Gasteiger partial charge in [-0.2, -0.15) is 0 Å². The van der Waals surface area contributed by atoms with Crippen LogP contribution in [0.1, 0.15) is 48.0 Å². The number of nitro benzene ring substituents is 1. The van der Waals surface area contributed by atoms with E-state index in [2.05, 4.69) is 10.6 Å². The molecule has 0 radical (unpaired) electrons. The zero-order chi connectivity index (χ0) is 19.9. The first-order valence-corrected chi connectivity index (χ1v) is 9.45. The van der Waals surface area contributed by atoms with E-state index in [0.29, 0.717) is 11.3 Å². The summed E-state index contributed by atoms with van der Waals surface area (Å²) in [7, 11) is 0. The molecule has 0 heterocycles. The highest BCUT2D eigenvalue weighted by Crippen LogP contribution is 2.25. The minimum Gasteiger partial charge on any atom is -0.348 e. The highest BCUT2D eigenvalue weighted by atomic mass is 16.6. The number of hydrogen-bond acceptors (Lipinski definition) is 4. The first-order chi connectivity index (χ1) is 13.5. The number of benzene rings is 2. The number of amides is 2. The van der Waals surface area contributed by atoms with Crippen LogP contribution in [-0.4, -0.2) is 16.7 Å². The van der Waals surface area contributed by atoms with Crippen LogP contribution in [0.4, 0.5) is 11.4 Å². The lowest BCUT2D eigenvalue weighted by atomic mass is 9.88. The molecule has 1 aliphatic carbocycles. The van der Waals surface area contributed by atoms with Crippen molar-refractivity contribution in [2.24, 2.45) is 5.92 Å². The van der Waals surface area contributed by atoms with Gasteiger partial charge in [-0.15, -0.1) is 0 Å². The Bertz CT molecular complexity index is 858. The van der Waals surface area contributed by atoms with Crippen LogP contribution in [0.25, 0.3) is 0 Å². The maximum atomic E-state index is 12.4. The fourth-order valence-electron chi connectivity index (χ4n) is 3.37. The highest BCUT2D eigenvalue weighted by molar-refractivity contribution is 5.97. The molecule has 7 nitrogen and oxygen atoms in total. The molecule has 0 spiro atoms. The van der Waals surface area contributed by atoms with Gasteiger partial charge in [-0.25, -0.2) is 0 Å². The molecule has 2 aromatic rings. The van der Waals surface area contributed by atoms with Crippen LogP contribution >= 0.6 is 0 Å². The van der Waals surface area contributed by atoms with Gasteiger partial charge in [0, 0.05) is 35.8 Å². The van der Waals surface area contributed by atoms with E-state index in [1.54, 1.807) is 36.4 Å². The molecule has 7 heteroatoms. The van der Waals surface area contributed by atoms with Gasteiger partial charge < -0.3 is 10.6 Å². The fraction of sp³-hybridized carbons (Fsp3) is 0.333. The Morgan fingerprint density at radius 1 is 1.04 bits per heavy atom. The van der Waals surface area contributed by atoms with Gasteiger partial charge in [-0.1, -0.05) is 37.5 Å². The van der Waals surface area contributed by atoms with E-state index in [-0.39, 0.29) is 30.0 Å². The van der Waals surface area contributed by atoms with E-state index in [0.717, 1.165) is 31.2 Å². The zero-order valence-electron chi connectivity index (χ0n) is 15.5. The first kappa shape index (κ1) is 19.5. The number of nitrogens with one attached hydrogen (secondary N) is 2. The van der Waals surface area contributed by atoms with Gasteiger partial charge in [-0.05, 0) is 36.6 Å². The molecule has 1 aliphatic rings. The highest BCUT2D eigenvalue weighted by Gasteiger charge is 2.21. The van der Waals surface area contributed by atoms with Crippen molar-refractivity contribution in [1.82, 2.24) is 5.32 Å². The van der Waals surface area contributed by atoms with Gasteiger partial charge >= 0.3 is 0 Å². The third-order valence-corrected chi connectivity index (χ3v) is 4.97. The van der Waals surface area contributed by atoms with Gasteiger partial charge in [-0.3, -0.25) is 19.7 Å². The van der Waals surface area contributed by atoms with E-state index in [1.807, 2.05) is 0 Å². The largest absolute Gasteiger partial charge is 0.348 e. The molecule has 0 unspecified atom stereocenters. The van der Waals surface area contributed by atoms with Gasteiger partial charge in [0.15, 0.2) is 0 Å². The third-order valence-electron chi connectivity index (χ3n) is 4.97. The van der Waals surface area contributed by atoms with Crippen LogP contribution in [-0.2, 0) is 11.3 Å². The van der Waals surface area contributed by atoms with Crippen LogP contribution in [0.3, 0.4) is 0 Å². The summed E-state index contributed by atoms with van der Waals surface area (Å²) in [6.07, 6.45) is 5.20. The van der Waals surface area contributed by atoms with E-state index < -0.39 is 4.92 Å². The van der Waals surface area contributed by atoms with Crippen LogP contribution < -0.4 is 10.6 Å². The monoisotopic (exact) mass is 381 g/mol. The summed E-state index contributed by atoms with van der Waals surface area (Å²) in [6.45, 7) is 0.259. The first-order valence-electron chi connectivity index (χ1n) is 9.45. The molecule has 28 heavy (non-hydrogen) atoms. The maximum absolute atomic E-state index is 12.4. The number of rotatable bonds is 6. The average Bonchev–Trinajstić information content (AvgIpc) is 2.73. The van der Waals surface area contributed by atoms with E-state index in [9.17, 15) is 19.7 Å². The summed E-state index contributed by atoms with van der Waals surface area (Å²) in [6, 6.07) is 12.9. The van der Waals surface area contributed by atoms with Crippen LogP contribution in [0.15, 0.2) is 48.5 Å². The van der Waals surface area contributed by atoms with Crippen molar-refractivity contribution in [2.75, 3.05) is 5.32 Å². The number of non-ortho nitro benzene ring substituents is 1. The lowest BCUT2D eigenvalue weighted by molar-refractivity contribution is -0.384. The Balaban J connectivity index is 1.57. The van der Waals surface area contributed by atoms with Gasteiger partial charge in [0.25, 0.3) is 11.6 Å². The summed E-state index contributed by atoms with van der Waals surface area (Å²) in [4.78, 5) is 35.0. The maximum Gasteiger partial charge on any atom is 0.269 e. The van der Waals surface area contributed by atoms with Crippen molar-refractivity contribution in [3.05, 3.63) is 69.8 Å². The summed E-state index contributed by atoms with van der Waals surface area (Å²) in [5, 5.41) is 16.4. The Morgan fingerprint density at radius 2 is 1.75 bits per heavy atom. The van der Waals surface area contributed by atoms with E-state index in [1.165, 1.54) is 18.6 Å². The smallest absolute Gasteiger partial charge is 0.269 e. The van der Waals surface area contributed by atoms with Crippen molar-refractivity contribution in [2.45, 2.75) is 38.6 Å². The minimum absolute atomic E-state index is 0.0106. The topological polar surface area (TPSA) is 101 Å². The summed E-state index contributed by atoms with van der Waals surface area (Å²) >= 11 is 0. The minimum atomic E-state index is -0.463. The van der Waals surface area contributed by atoms with Gasteiger partial charge in [0.05, 0.1) is 4.92 Å². The second-order valence-electron chi connectivity index (χ2n) is 7.01. The van der Waals surface area contributed by atoms with Gasteiger partial charge in [0.2, 0.25) is 5.91 Å². The quantitative estimate of drug-likeness (QED) is 0.582. The van der Waals surface area contributed by atoms with Crippen molar-refractivity contribution >= 4 is 23.2 Å². The predicted molar refractivity (Wildman–Crippen MR) is 106 cm³/mol.